The Kier molecular flexibility index (Phi) is 5.03. The van der Waals surface area contributed by atoms with E-state index in [1.54, 1.807) is 14.0 Å². The number of carboxylic acid groups (broad SMARTS) is 1. The van der Waals surface area contributed by atoms with Gasteiger partial charge in [0, 0.05) is 12.8 Å². The van der Waals surface area contributed by atoms with Gasteiger partial charge < -0.3 is 15.2 Å². The van der Waals surface area contributed by atoms with Crippen molar-refractivity contribution < 1.29 is 14.6 Å². The molecule has 2 rings (SSSR count). The number of aliphatic carboxylic acids is 1. The lowest BCUT2D eigenvalue weighted by Crippen LogP contribution is -2.30. The van der Waals surface area contributed by atoms with Gasteiger partial charge in [0.2, 0.25) is 0 Å². The maximum absolute atomic E-state index is 11.6. The molecule has 112 valence electrons. The van der Waals surface area contributed by atoms with Gasteiger partial charge in [-0.15, -0.1) is 0 Å². The van der Waals surface area contributed by atoms with Gasteiger partial charge in [0.05, 0.1) is 11.5 Å². The van der Waals surface area contributed by atoms with Gasteiger partial charge in [-0.2, -0.15) is 0 Å². The van der Waals surface area contributed by atoms with Crippen molar-refractivity contribution in [3.05, 3.63) is 46.7 Å². The topological polar surface area (TPSA) is 70.9 Å². The predicted molar refractivity (Wildman–Crippen MR) is 84.3 cm³/mol. The molecule has 0 bridgehead atoms. The third-order valence-electron chi connectivity index (χ3n) is 3.12. The number of nitrogens with one attached hydrogen (secondary N) is 1. The number of carbonyl (C=O) groups is 1. The van der Waals surface area contributed by atoms with Crippen LogP contribution < -0.4 is 5.32 Å². The zero-order valence-corrected chi connectivity index (χ0v) is 13.0. The average Bonchev–Trinajstić information content (AvgIpc) is 2.44. The molecule has 0 amide bonds. The van der Waals surface area contributed by atoms with E-state index in [4.69, 9.17) is 4.74 Å². The largest absolute Gasteiger partial charge is 0.478 e. The number of methoxy groups -OCH3 is 1. The number of nitrogens with zero attached hydrogens (tertiary/aromatic N) is 1. The molecule has 0 aliphatic carbocycles. The van der Waals surface area contributed by atoms with E-state index in [1.165, 1.54) is 11.8 Å². The minimum Gasteiger partial charge on any atom is -0.478 e. The first-order valence-corrected chi connectivity index (χ1v) is 7.48. The van der Waals surface area contributed by atoms with Crippen molar-refractivity contribution in [2.75, 3.05) is 13.0 Å². The number of aryl methyl sites for hydroxylation is 1. The van der Waals surface area contributed by atoms with E-state index >= 15 is 0 Å². The maximum Gasteiger partial charge on any atom is 0.335 e. The molecular weight excluding hydrogens is 288 g/mol. The molecule has 0 aromatic heterocycles. The Morgan fingerprint density at radius 3 is 2.86 bits per heavy atom. The van der Waals surface area contributed by atoms with E-state index in [0.29, 0.717) is 16.8 Å². The lowest BCUT2D eigenvalue weighted by molar-refractivity contribution is -0.133. The highest BCUT2D eigenvalue weighted by molar-refractivity contribution is 8.13. The lowest BCUT2D eigenvalue weighted by Gasteiger charge is -2.24. The van der Waals surface area contributed by atoms with Crippen LogP contribution in [0.15, 0.2) is 40.5 Å². The van der Waals surface area contributed by atoms with Crippen LogP contribution in [0, 0.1) is 6.92 Å². The summed E-state index contributed by atoms with van der Waals surface area (Å²) in [4.78, 5) is 16.1. The first-order valence-electron chi connectivity index (χ1n) is 6.50. The molecule has 0 spiro atoms. The summed E-state index contributed by atoms with van der Waals surface area (Å²) >= 11 is 1.41. The first kappa shape index (κ1) is 15.6. The Morgan fingerprint density at radius 1 is 1.48 bits per heavy atom. The van der Waals surface area contributed by atoms with Crippen molar-refractivity contribution in [3.8, 4) is 0 Å². The normalized spacial score (nSPS) is 18.2. The second kappa shape index (κ2) is 6.78. The van der Waals surface area contributed by atoms with Crippen LogP contribution in [0.3, 0.4) is 0 Å². The highest BCUT2D eigenvalue weighted by Crippen LogP contribution is 2.32. The highest BCUT2D eigenvalue weighted by Gasteiger charge is 2.29. The van der Waals surface area contributed by atoms with Crippen LogP contribution in [-0.4, -0.2) is 29.3 Å². The standard InChI is InChI=1S/C15H18N2O3S/c1-9-5-4-6-11(7-9)13-12(14(18)19)10(2)16-15(17-13)21-8-20-3/h4-7,13H,8H2,1-3H3,(H,16,17)(H,18,19). The number of hydrogen-bond donors (Lipinski definition) is 2. The van der Waals surface area contributed by atoms with Gasteiger partial charge >= 0.3 is 5.97 Å². The van der Waals surface area contributed by atoms with Crippen LogP contribution in [-0.2, 0) is 9.53 Å². The van der Waals surface area contributed by atoms with Gasteiger partial charge in [0.1, 0.15) is 6.04 Å². The molecule has 21 heavy (non-hydrogen) atoms. The monoisotopic (exact) mass is 306 g/mol. The summed E-state index contributed by atoms with van der Waals surface area (Å²) in [6.07, 6.45) is 0. The molecule has 5 nitrogen and oxygen atoms in total. The van der Waals surface area contributed by atoms with E-state index in [1.807, 2.05) is 31.2 Å². The molecular formula is C15H18N2O3S. The molecule has 0 saturated carbocycles. The van der Waals surface area contributed by atoms with Crippen molar-refractivity contribution in [1.82, 2.24) is 5.32 Å². The van der Waals surface area contributed by atoms with Crippen LogP contribution >= 0.6 is 11.8 Å². The smallest absolute Gasteiger partial charge is 0.335 e. The Morgan fingerprint density at radius 2 is 2.24 bits per heavy atom. The van der Waals surface area contributed by atoms with Crippen molar-refractivity contribution in [3.63, 3.8) is 0 Å². The summed E-state index contributed by atoms with van der Waals surface area (Å²) in [5, 5.41) is 13.2. The molecule has 1 aromatic carbocycles. The number of benzene rings is 1. The van der Waals surface area contributed by atoms with Crippen molar-refractivity contribution in [1.29, 1.82) is 0 Å². The summed E-state index contributed by atoms with van der Waals surface area (Å²) in [6.45, 7) is 3.74. The zero-order valence-electron chi connectivity index (χ0n) is 12.2. The quantitative estimate of drug-likeness (QED) is 0.837. The summed E-state index contributed by atoms with van der Waals surface area (Å²) in [7, 11) is 1.61. The first-order chi connectivity index (χ1) is 10.0. The number of hydrogen-bond acceptors (Lipinski definition) is 5. The molecule has 2 N–H and O–H groups in total. The van der Waals surface area contributed by atoms with Crippen LogP contribution in [0.4, 0.5) is 0 Å². The second-order valence-electron chi connectivity index (χ2n) is 4.77. The molecule has 1 aliphatic heterocycles. The van der Waals surface area contributed by atoms with Crippen molar-refractivity contribution in [2.24, 2.45) is 4.99 Å². The number of thioether (sulfide) groups is 1. The number of rotatable bonds is 4. The predicted octanol–water partition coefficient (Wildman–Crippen LogP) is 2.69. The fourth-order valence-electron chi connectivity index (χ4n) is 2.19. The van der Waals surface area contributed by atoms with E-state index in [0.717, 1.165) is 11.1 Å². The average molecular weight is 306 g/mol. The second-order valence-corrected chi connectivity index (χ2v) is 5.68. The minimum absolute atomic E-state index is 0.280. The van der Waals surface area contributed by atoms with Crippen LogP contribution in [0.5, 0.6) is 0 Å². The fourth-order valence-corrected chi connectivity index (χ4v) is 2.83. The van der Waals surface area contributed by atoms with Crippen molar-refractivity contribution in [2.45, 2.75) is 19.9 Å². The number of carboxylic acids is 1. The highest BCUT2D eigenvalue weighted by atomic mass is 32.2. The molecule has 1 heterocycles. The minimum atomic E-state index is -0.953. The Labute approximate surface area is 128 Å². The molecule has 1 aromatic rings. The third kappa shape index (κ3) is 3.65. The Bertz CT molecular complexity index is 611. The van der Waals surface area contributed by atoms with E-state index in [-0.39, 0.29) is 5.57 Å². The van der Waals surface area contributed by atoms with Crippen LogP contribution in [0.1, 0.15) is 24.1 Å². The van der Waals surface area contributed by atoms with Gasteiger partial charge in [0.15, 0.2) is 5.17 Å². The van der Waals surface area contributed by atoms with E-state index in [2.05, 4.69) is 10.3 Å². The maximum atomic E-state index is 11.6. The summed E-state index contributed by atoms with van der Waals surface area (Å²) < 4.78 is 5.02. The van der Waals surface area contributed by atoms with Gasteiger partial charge in [-0.25, -0.2) is 9.79 Å². The van der Waals surface area contributed by atoms with E-state index < -0.39 is 12.0 Å². The zero-order chi connectivity index (χ0) is 15.4. The van der Waals surface area contributed by atoms with Gasteiger partial charge in [-0.1, -0.05) is 41.6 Å². The van der Waals surface area contributed by atoms with Gasteiger partial charge in [-0.05, 0) is 19.4 Å². The number of amidine groups is 1. The molecule has 1 atom stereocenters. The molecule has 0 radical (unpaired) electrons. The van der Waals surface area contributed by atoms with Gasteiger partial charge in [0.25, 0.3) is 0 Å². The summed E-state index contributed by atoms with van der Waals surface area (Å²) in [5.41, 5.74) is 2.85. The fraction of sp³-hybridized carbons (Fsp3) is 0.333. The molecule has 0 saturated heterocycles. The van der Waals surface area contributed by atoms with Crippen LogP contribution in [0.2, 0.25) is 0 Å². The number of aliphatic imine (C=N–C) groups is 1. The SMILES string of the molecule is COCSC1=NC(c2cccc(C)c2)C(C(=O)O)=C(C)N1. The van der Waals surface area contributed by atoms with Gasteiger partial charge in [-0.3, -0.25) is 0 Å². The third-order valence-corrected chi connectivity index (χ3v) is 3.95. The molecule has 0 fully saturated rings. The molecule has 1 aliphatic rings. The van der Waals surface area contributed by atoms with Crippen molar-refractivity contribution >= 4 is 22.9 Å². The van der Waals surface area contributed by atoms with E-state index in [9.17, 15) is 9.90 Å². The lowest BCUT2D eigenvalue weighted by atomic mass is 9.95. The number of ether oxygens (including phenoxy) is 1. The Hall–Kier alpha value is -1.79. The molecule has 1 unspecified atom stereocenters. The van der Waals surface area contributed by atoms with Crippen LogP contribution in [0.25, 0.3) is 0 Å². The Balaban J connectivity index is 2.41. The number of allylic oxidation sites excluding steroid dienone is 1. The molecule has 6 heteroatoms. The summed E-state index contributed by atoms with van der Waals surface area (Å²) in [5.74, 6) is -0.492. The summed E-state index contributed by atoms with van der Waals surface area (Å²) in [6, 6.07) is 7.27.